The van der Waals surface area contributed by atoms with E-state index in [0.717, 1.165) is 11.4 Å². The second-order valence-electron chi connectivity index (χ2n) is 17.6. The SMILES string of the molecule is CC1(C)CCC(C)(C)c2cc3c(cc21)c1cc2c(cc1n3-c1cccc(-n3c4ccccc4c4ccccc43)c1)c1c3ccccc3ccc1n2-c1ccccc1. The summed E-state index contributed by atoms with van der Waals surface area (Å²) in [5.74, 6) is 0. The van der Waals surface area contributed by atoms with Crippen LogP contribution in [0.1, 0.15) is 51.7 Å². The molecular formula is C54H43N3. The lowest BCUT2D eigenvalue weighted by Crippen LogP contribution is -2.33. The Hall–Kier alpha value is -6.58. The first-order valence-electron chi connectivity index (χ1n) is 20.4. The molecule has 8 aromatic carbocycles. The summed E-state index contributed by atoms with van der Waals surface area (Å²) in [7, 11) is 0. The molecular weight excluding hydrogens is 691 g/mol. The summed E-state index contributed by atoms with van der Waals surface area (Å²) in [6.45, 7) is 9.77. The summed E-state index contributed by atoms with van der Waals surface area (Å²) >= 11 is 0. The molecule has 0 bridgehead atoms. The first-order chi connectivity index (χ1) is 27.8. The molecule has 3 heterocycles. The molecule has 0 atom stereocenters. The van der Waals surface area contributed by atoms with Gasteiger partial charge in [0, 0.05) is 49.4 Å². The maximum atomic E-state index is 2.57. The molecule has 0 unspecified atom stereocenters. The number of benzene rings is 8. The Kier molecular flexibility index (Phi) is 6.58. The van der Waals surface area contributed by atoms with Crippen LogP contribution in [0.5, 0.6) is 0 Å². The summed E-state index contributed by atoms with van der Waals surface area (Å²) in [6.07, 6.45) is 2.35. The molecule has 1 aliphatic rings. The van der Waals surface area contributed by atoms with Gasteiger partial charge in [0.1, 0.15) is 0 Å². The van der Waals surface area contributed by atoms with Crippen LogP contribution in [0.2, 0.25) is 0 Å². The maximum absolute atomic E-state index is 2.57. The van der Waals surface area contributed by atoms with E-state index in [1.807, 2.05) is 0 Å². The van der Waals surface area contributed by atoms with Gasteiger partial charge in [-0.2, -0.15) is 0 Å². The smallest absolute Gasteiger partial charge is 0.0549 e. The monoisotopic (exact) mass is 733 g/mol. The Morgan fingerprint density at radius 1 is 0.333 bits per heavy atom. The topological polar surface area (TPSA) is 14.8 Å². The van der Waals surface area contributed by atoms with Crippen molar-refractivity contribution in [2.45, 2.75) is 51.4 Å². The molecule has 274 valence electrons. The van der Waals surface area contributed by atoms with Crippen molar-refractivity contribution in [1.82, 2.24) is 13.7 Å². The highest BCUT2D eigenvalue weighted by Gasteiger charge is 2.38. The van der Waals surface area contributed by atoms with Gasteiger partial charge in [-0.25, -0.2) is 0 Å². The van der Waals surface area contributed by atoms with Crippen LogP contribution in [0, 0.1) is 0 Å². The van der Waals surface area contributed by atoms with E-state index < -0.39 is 0 Å². The van der Waals surface area contributed by atoms with Crippen molar-refractivity contribution in [2.24, 2.45) is 0 Å². The van der Waals surface area contributed by atoms with Crippen LogP contribution in [-0.4, -0.2) is 13.7 Å². The van der Waals surface area contributed by atoms with E-state index in [4.69, 9.17) is 0 Å². The fraction of sp³-hybridized carbons (Fsp3) is 0.148. The number of rotatable bonds is 3. The van der Waals surface area contributed by atoms with Crippen molar-refractivity contribution >= 4 is 76.2 Å². The van der Waals surface area contributed by atoms with E-state index in [2.05, 4.69) is 205 Å². The van der Waals surface area contributed by atoms with Gasteiger partial charge in [-0.1, -0.05) is 119 Å². The van der Waals surface area contributed by atoms with Gasteiger partial charge in [0.15, 0.2) is 0 Å². The molecule has 3 heteroatoms. The van der Waals surface area contributed by atoms with Crippen molar-refractivity contribution in [3.63, 3.8) is 0 Å². The quantitative estimate of drug-likeness (QED) is 0.172. The highest BCUT2D eigenvalue weighted by molar-refractivity contribution is 6.25. The molecule has 57 heavy (non-hydrogen) atoms. The third-order valence-corrected chi connectivity index (χ3v) is 13.5. The van der Waals surface area contributed by atoms with E-state index in [0.29, 0.717) is 0 Å². The second kappa shape index (κ2) is 11.5. The Labute approximate surface area is 332 Å². The average molecular weight is 734 g/mol. The fourth-order valence-corrected chi connectivity index (χ4v) is 10.5. The summed E-state index contributed by atoms with van der Waals surface area (Å²) in [5.41, 5.74) is 14.0. The number of hydrogen-bond donors (Lipinski definition) is 0. The Morgan fingerprint density at radius 2 is 0.825 bits per heavy atom. The molecule has 3 nitrogen and oxygen atoms in total. The first-order valence-corrected chi connectivity index (χ1v) is 20.4. The van der Waals surface area contributed by atoms with Gasteiger partial charge in [-0.05, 0) is 118 Å². The van der Waals surface area contributed by atoms with Crippen LogP contribution in [0.4, 0.5) is 0 Å². The molecule has 0 amide bonds. The van der Waals surface area contributed by atoms with Gasteiger partial charge < -0.3 is 13.7 Å². The third kappa shape index (κ3) is 4.54. The summed E-state index contributed by atoms with van der Waals surface area (Å²) in [5, 5.41) is 10.3. The molecule has 3 aromatic heterocycles. The van der Waals surface area contributed by atoms with Crippen molar-refractivity contribution in [3.8, 4) is 17.1 Å². The maximum Gasteiger partial charge on any atom is 0.0549 e. The van der Waals surface area contributed by atoms with Crippen LogP contribution in [-0.2, 0) is 10.8 Å². The van der Waals surface area contributed by atoms with Crippen molar-refractivity contribution in [3.05, 3.63) is 175 Å². The highest BCUT2D eigenvalue weighted by atomic mass is 15.0. The van der Waals surface area contributed by atoms with Gasteiger partial charge in [0.05, 0.1) is 33.1 Å². The molecule has 1 aliphatic carbocycles. The third-order valence-electron chi connectivity index (χ3n) is 13.5. The number of para-hydroxylation sites is 3. The lowest BCUT2D eigenvalue weighted by molar-refractivity contribution is 0.332. The molecule has 12 rings (SSSR count). The van der Waals surface area contributed by atoms with Gasteiger partial charge in [-0.15, -0.1) is 0 Å². The second-order valence-corrected chi connectivity index (χ2v) is 17.6. The van der Waals surface area contributed by atoms with Crippen molar-refractivity contribution in [1.29, 1.82) is 0 Å². The zero-order valence-corrected chi connectivity index (χ0v) is 32.8. The Morgan fingerprint density at radius 3 is 1.53 bits per heavy atom. The van der Waals surface area contributed by atoms with E-state index in [9.17, 15) is 0 Å². The van der Waals surface area contributed by atoms with Gasteiger partial charge in [0.2, 0.25) is 0 Å². The molecule has 0 radical (unpaired) electrons. The molecule has 11 aromatic rings. The van der Waals surface area contributed by atoms with Crippen LogP contribution >= 0.6 is 0 Å². The normalized spacial score (nSPS) is 15.2. The lowest BCUT2D eigenvalue weighted by Gasteiger charge is -2.42. The van der Waals surface area contributed by atoms with Crippen LogP contribution in [0.3, 0.4) is 0 Å². The van der Waals surface area contributed by atoms with Crippen molar-refractivity contribution in [2.75, 3.05) is 0 Å². The summed E-state index contributed by atoms with van der Waals surface area (Å²) in [4.78, 5) is 0. The van der Waals surface area contributed by atoms with Gasteiger partial charge in [-0.3, -0.25) is 0 Å². The highest BCUT2D eigenvalue weighted by Crippen LogP contribution is 2.50. The minimum Gasteiger partial charge on any atom is -0.309 e. The standard InChI is InChI=1S/C54H43N3/c1-53(2)27-28-54(3,4)45-33-51-41(30-44(45)53)42-31-50-43(52-38-20-9-8-15-34(38)25-26-48(52)55(50)35-16-6-5-7-17-35)32-49(42)57(51)37-19-14-18-36(29-37)56-46-23-12-10-21-39(46)40-22-11-13-24-47(40)56/h5-26,29-33H,27-28H2,1-4H3. The zero-order chi connectivity index (χ0) is 38.2. The van der Waals surface area contributed by atoms with Gasteiger partial charge in [0.25, 0.3) is 0 Å². The predicted octanol–water partition coefficient (Wildman–Crippen LogP) is 14.5. The molecule has 0 aliphatic heterocycles. The van der Waals surface area contributed by atoms with Crippen LogP contribution in [0.25, 0.3) is 93.3 Å². The fourth-order valence-electron chi connectivity index (χ4n) is 10.5. The summed E-state index contributed by atoms with van der Waals surface area (Å²) in [6, 6.07) is 61.3. The zero-order valence-electron chi connectivity index (χ0n) is 32.8. The Bertz CT molecular complexity index is 3410. The number of fused-ring (bicyclic) bond motifs is 12. The van der Waals surface area contributed by atoms with Crippen LogP contribution < -0.4 is 0 Å². The lowest BCUT2D eigenvalue weighted by atomic mass is 9.63. The summed E-state index contributed by atoms with van der Waals surface area (Å²) < 4.78 is 7.48. The predicted molar refractivity (Wildman–Crippen MR) is 242 cm³/mol. The first kappa shape index (κ1) is 32.6. The molecule has 0 N–H and O–H groups in total. The molecule has 0 saturated heterocycles. The van der Waals surface area contributed by atoms with E-state index >= 15 is 0 Å². The van der Waals surface area contributed by atoms with E-state index in [-0.39, 0.29) is 10.8 Å². The van der Waals surface area contributed by atoms with Gasteiger partial charge >= 0.3 is 0 Å². The number of hydrogen-bond acceptors (Lipinski definition) is 0. The minimum atomic E-state index is 0.0782. The number of nitrogens with zero attached hydrogens (tertiary/aromatic N) is 3. The number of aromatic nitrogens is 3. The van der Waals surface area contributed by atoms with Crippen LogP contribution in [0.15, 0.2) is 164 Å². The molecule has 0 spiro atoms. The Balaban J connectivity index is 1.24. The minimum absolute atomic E-state index is 0.0782. The largest absolute Gasteiger partial charge is 0.309 e. The molecule has 0 saturated carbocycles. The van der Waals surface area contributed by atoms with Crippen molar-refractivity contribution < 1.29 is 0 Å². The van der Waals surface area contributed by atoms with E-state index in [1.54, 1.807) is 0 Å². The average Bonchev–Trinajstić information content (AvgIpc) is 3.87. The van der Waals surface area contributed by atoms with E-state index in [1.165, 1.54) is 106 Å². The molecule has 0 fully saturated rings.